The molecule has 0 amide bonds. The maximum absolute atomic E-state index is 10.4. The van der Waals surface area contributed by atoms with Gasteiger partial charge in [-0.1, -0.05) is 115 Å². The Balaban J connectivity index is 1.20. The van der Waals surface area contributed by atoms with E-state index in [0.717, 1.165) is 29.7 Å². The Bertz CT molecular complexity index is 2310. The number of allylic oxidation sites excluding steroid dienone is 6. The number of nitriles is 1. The summed E-state index contributed by atoms with van der Waals surface area (Å²) in [5.41, 5.74) is 12.1. The van der Waals surface area contributed by atoms with Crippen LogP contribution in [0.1, 0.15) is 29.5 Å². The minimum Gasteiger partial charge on any atom is -0.360 e. The predicted octanol–water partition coefficient (Wildman–Crippen LogP) is 9.78. The van der Waals surface area contributed by atoms with Crippen LogP contribution in [0, 0.1) is 29.1 Å². The third kappa shape index (κ3) is 3.79. The number of hydrogen-bond donors (Lipinski definition) is 0. The Morgan fingerprint density at radius 1 is 0.702 bits per heavy atom. The van der Waals surface area contributed by atoms with E-state index in [9.17, 15) is 5.26 Å². The quantitative estimate of drug-likeness (QED) is 0.205. The maximum Gasteiger partial charge on any atom is 0.0998 e. The molecule has 4 aromatic carbocycles. The maximum atomic E-state index is 10.4. The molecule has 224 valence electrons. The Labute approximate surface area is 275 Å². The normalized spacial score (nSPS) is 25.3. The summed E-state index contributed by atoms with van der Waals surface area (Å²) in [6.07, 6.45) is 21.1. The zero-order chi connectivity index (χ0) is 31.1. The van der Waals surface area contributed by atoms with Crippen molar-refractivity contribution in [1.82, 2.24) is 9.47 Å². The summed E-state index contributed by atoms with van der Waals surface area (Å²) in [4.78, 5) is 2.74. The summed E-state index contributed by atoms with van der Waals surface area (Å²) in [6, 6.07) is 37.8. The average Bonchev–Trinajstić information content (AvgIpc) is 3.62. The fourth-order valence-corrected chi connectivity index (χ4v) is 9.16. The van der Waals surface area contributed by atoms with E-state index < -0.39 is 0 Å². The molecule has 10 rings (SSSR count). The van der Waals surface area contributed by atoms with Crippen LogP contribution in [0.25, 0.3) is 38.6 Å². The Morgan fingerprint density at radius 2 is 1.40 bits per heavy atom. The zero-order valence-corrected chi connectivity index (χ0v) is 26.0. The molecular weight excluding hydrogens is 571 g/mol. The molecule has 2 heterocycles. The SMILES string of the molecule is N#Cc1ccccc1C1=C(c2ccccc2-n2c3ccccc3c3ccccc32)C=CC2C(N3C4=C(CCC=C4)C4C=CC=CC43)[C@H]12. The molecule has 4 aliphatic carbocycles. The van der Waals surface area contributed by atoms with Crippen molar-refractivity contribution in [3.8, 4) is 11.8 Å². The van der Waals surface area contributed by atoms with Gasteiger partial charge in [-0.2, -0.15) is 5.26 Å². The number of para-hydroxylation sites is 3. The standard InChI is InChI=1S/C44H33N3/c45-27-28-13-1-2-14-29(28)42-35(25-26-36-43(42)44(36)47-40-23-11-5-17-32(40)33-18-6-12-24-41(33)47)34-19-7-10-22-39(34)46-37-20-8-3-15-30(37)31-16-4-9-21-38(31)46/h1-5,7-17,19-26,32,36,40,43-44H,6,18H2/t32?,36?,40?,43-,44?/m0/s1. The van der Waals surface area contributed by atoms with Gasteiger partial charge in [-0.15, -0.1) is 0 Å². The van der Waals surface area contributed by atoms with Gasteiger partial charge in [0.15, 0.2) is 0 Å². The zero-order valence-electron chi connectivity index (χ0n) is 26.0. The van der Waals surface area contributed by atoms with E-state index in [-0.39, 0.29) is 5.92 Å². The summed E-state index contributed by atoms with van der Waals surface area (Å²) < 4.78 is 2.43. The molecule has 3 heteroatoms. The first kappa shape index (κ1) is 26.6. The van der Waals surface area contributed by atoms with Crippen molar-refractivity contribution in [1.29, 1.82) is 5.26 Å². The van der Waals surface area contributed by atoms with Gasteiger partial charge in [-0.05, 0) is 65.5 Å². The second kappa shape index (κ2) is 10.2. The Morgan fingerprint density at radius 3 is 2.21 bits per heavy atom. The van der Waals surface area contributed by atoms with Crippen LogP contribution in [0.3, 0.4) is 0 Å². The third-order valence-corrected chi connectivity index (χ3v) is 11.1. The van der Waals surface area contributed by atoms with Gasteiger partial charge >= 0.3 is 0 Å². The highest BCUT2D eigenvalue weighted by atomic mass is 15.3. The summed E-state index contributed by atoms with van der Waals surface area (Å²) in [5, 5.41) is 12.9. The molecule has 0 N–H and O–H groups in total. The lowest BCUT2D eigenvalue weighted by atomic mass is 9.85. The molecule has 1 aliphatic heterocycles. The van der Waals surface area contributed by atoms with Crippen LogP contribution in [-0.2, 0) is 0 Å². The van der Waals surface area contributed by atoms with E-state index >= 15 is 0 Å². The Kier molecular flexibility index (Phi) is 5.78. The van der Waals surface area contributed by atoms with E-state index in [4.69, 9.17) is 0 Å². The van der Waals surface area contributed by atoms with Gasteiger partial charge in [-0.25, -0.2) is 0 Å². The van der Waals surface area contributed by atoms with Crippen LogP contribution in [0.4, 0.5) is 0 Å². The predicted molar refractivity (Wildman–Crippen MR) is 191 cm³/mol. The summed E-state index contributed by atoms with van der Waals surface area (Å²) >= 11 is 0. The summed E-state index contributed by atoms with van der Waals surface area (Å²) in [6.45, 7) is 0. The average molecular weight is 604 g/mol. The minimum absolute atomic E-state index is 0.290. The van der Waals surface area contributed by atoms with E-state index in [2.05, 4.69) is 149 Å². The molecule has 1 saturated carbocycles. The number of fused-ring (bicyclic) bond motifs is 6. The molecular formula is C44H33N3. The van der Waals surface area contributed by atoms with Gasteiger partial charge in [0, 0.05) is 45.8 Å². The highest BCUT2D eigenvalue weighted by molar-refractivity contribution is 6.10. The number of aromatic nitrogens is 1. The molecule has 5 aliphatic rings. The monoisotopic (exact) mass is 603 g/mol. The van der Waals surface area contributed by atoms with Gasteiger partial charge in [0.05, 0.1) is 34.4 Å². The van der Waals surface area contributed by atoms with Crippen LogP contribution < -0.4 is 0 Å². The van der Waals surface area contributed by atoms with E-state index in [1.807, 2.05) is 12.1 Å². The first-order chi connectivity index (χ1) is 23.3. The number of nitrogens with zero attached hydrogens (tertiary/aromatic N) is 3. The van der Waals surface area contributed by atoms with Crippen LogP contribution >= 0.6 is 0 Å². The number of benzene rings is 4. The van der Waals surface area contributed by atoms with Gasteiger partial charge in [-0.3, -0.25) is 0 Å². The van der Waals surface area contributed by atoms with Gasteiger partial charge in [0.25, 0.3) is 0 Å². The van der Waals surface area contributed by atoms with Gasteiger partial charge < -0.3 is 9.47 Å². The molecule has 0 bridgehead atoms. The van der Waals surface area contributed by atoms with Crippen LogP contribution in [0.15, 0.2) is 157 Å². The molecule has 5 aromatic rings. The van der Waals surface area contributed by atoms with Crippen molar-refractivity contribution in [3.05, 3.63) is 174 Å². The fourth-order valence-electron chi connectivity index (χ4n) is 9.16. The molecule has 1 aromatic heterocycles. The lowest BCUT2D eigenvalue weighted by Crippen LogP contribution is -2.35. The molecule has 0 saturated heterocycles. The highest BCUT2D eigenvalue weighted by Crippen LogP contribution is 2.61. The number of rotatable bonds is 4. The first-order valence-electron chi connectivity index (χ1n) is 16.9. The fraction of sp³-hybridized carbons (Fsp3) is 0.159. The van der Waals surface area contributed by atoms with Gasteiger partial charge in [0.2, 0.25) is 0 Å². The van der Waals surface area contributed by atoms with Crippen molar-refractivity contribution in [2.24, 2.45) is 17.8 Å². The smallest absolute Gasteiger partial charge is 0.0998 e. The molecule has 0 spiro atoms. The van der Waals surface area contributed by atoms with Crippen LogP contribution in [0.5, 0.6) is 0 Å². The summed E-state index contributed by atoms with van der Waals surface area (Å²) in [5.74, 6) is 1.13. The number of hydrogen-bond acceptors (Lipinski definition) is 2. The Hall–Kier alpha value is -5.59. The van der Waals surface area contributed by atoms with Crippen molar-refractivity contribution in [3.63, 3.8) is 0 Å². The minimum atomic E-state index is 0.290. The van der Waals surface area contributed by atoms with Crippen LogP contribution in [-0.4, -0.2) is 21.6 Å². The van der Waals surface area contributed by atoms with Gasteiger partial charge in [0.1, 0.15) is 0 Å². The molecule has 0 radical (unpaired) electrons. The lowest BCUT2D eigenvalue weighted by Gasteiger charge is -2.31. The topological polar surface area (TPSA) is 32.0 Å². The van der Waals surface area contributed by atoms with Crippen molar-refractivity contribution < 1.29 is 0 Å². The second-order valence-electron chi connectivity index (χ2n) is 13.4. The highest BCUT2D eigenvalue weighted by Gasteiger charge is 2.60. The van der Waals surface area contributed by atoms with Crippen molar-refractivity contribution in [2.45, 2.75) is 24.9 Å². The summed E-state index contributed by atoms with van der Waals surface area (Å²) in [7, 11) is 0. The van der Waals surface area contributed by atoms with Crippen LogP contribution in [0.2, 0.25) is 0 Å². The van der Waals surface area contributed by atoms with E-state index in [1.165, 1.54) is 44.2 Å². The van der Waals surface area contributed by atoms with E-state index in [0.29, 0.717) is 23.9 Å². The van der Waals surface area contributed by atoms with Crippen molar-refractivity contribution in [2.75, 3.05) is 0 Å². The molecule has 1 fully saturated rings. The second-order valence-corrected chi connectivity index (χ2v) is 13.4. The third-order valence-electron chi connectivity index (χ3n) is 11.1. The largest absolute Gasteiger partial charge is 0.360 e. The first-order valence-corrected chi connectivity index (χ1v) is 16.9. The molecule has 3 nitrogen and oxygen atoms in total. The molecule has 47 heavy (non-hydrogen) atoms. The molecule has 5 atom stereocenters. The van der Waals surface area contributed by atoms with Crippen molar-refractivity contribution >= 4 is 33.0 Å². The van der Waals surface area contributed by atoms with E-state index in [1.54, 1.807) is 5.57 Å². The molecule has 4 unspecified atom stereocenters. The lowest BCUT2D eigenvalue weighted by molar-refractivity contribution is 0.281.